The van der Waals surface area contributed by atoms with Crippen molar-refractivity contribution in [1.29, 1.82) is 0 Å². The Morgan fingerprint density at radius 1 is 1.19 bits per heavy atom. The number of aryl methyl sites for hydroxylation is 1. The second-order valence-corrected chi connectivity index (χ2v) is 14.4. The monoisotopic (exact) mass is 664 g/mol. The van der Waals surface area contributed by atoms with E-state index in [1.54, 1.807) is 23.1 Å². The molecule has 4 aromatic rings. The molecule has 0 fully saturated rings. The lowest BCUT2D eigenvalue weighted by Crippen LogP contribution is -2.36. The van der Waals surface area contributed by atoms with Crippen LogP contribution in [0.2, 0.25) is 5.02 Å². The van der Waals surface area contributed by atoms with Crippen LogP contribution in [0, 0.1) is 0 Å². The summed E-state index contributed by atoms with van der Waals surface area (Å²) in [6.45, 7) is 3.18. The number of hydrogen-bond acceptors (Lipinski definition) is 8. The third-order valence-corrected chi connectivity index (χ3v) is 10.4. The van der Waals surface area contributed by atoms with E-state index in [2.05, 4.69) is 52.8 Å². The predicted octanol–water partition coefficient (Wildman–Crippen LogP) is 6.72. The number of nitrogens with zero attached hydrogens (tertiary/aromatic N) is 2. The number of thiazole rings is 1. The van der Waals surface area contributed by atoms with Crippen molar-refractivity contribution in [2.24, 2.45) is 0 Å². The van der Waals surface area contributed by atoms with E-state index in [4.69, 9.17) is 20.3 Å². The summed E-state index contributed by atoms with van der Waals surface area (Å²) < 4.78 is 62.1. The quantitative estimate of drug-likeness (QED) is 0.0769. The Morgan fingerprint density at radius 2 is 2.00 bits per heavy atom. The number of fused-ring (bicyclic) bond motifs is 4. The van der Waals surface area contributed by atoms with Crippen LogP contribution in [0.1, 0.15) is 31.2 Å². The van der Waals surface area contributed by atoms with Gasteiger partial charge in [0.1, 0.15) is 4.70 Å². The number of halogens is 1. The highest BCUT2D eigenvalue weighted by Gasteiger charge is 2.26. The molecule has 1 aliphatic rings. The molecule has 8 nitrogen and oxygen atoms in total. The lowest BCUT2D eigenvalue weighted by Gasteiger charge is -2.20. The fourth-order valence-corrected chi connectivity index (χ4v) is 8.17. The van der Waals surface area contributed by atoms with Crippen molar-refractivity contribution in [3.8, 4) is 0 Å². The highest BCUT2D eigenvalue weighted by atomic mass is 35.5. The molecule has 1 unspecified atom stereocenters. The molecule has 2 heterocycles. The molecule has 0 radical (unpaired) electrons. The van der Waals surface area contributed by atoms with Crippen molar-refractivity contribution < 1.29 is 30.5 Å². The molecular formula is C29H29ClN2O6S4. The summed E-state index contributed by atoms with van der Waals surface area (Å²) in [6, 6.07) is 18.0. The van der Waals surface area contributed by atoms with E-state index >= 15 is 0 Å². The van der Waals surface area contributed by atoms with Gasteiger partial charge in [0.2, 0.25) is 5.52 Å². The van der Waals surface area contributed by atoms with Crippen LogP contribution < -0.4 is 9.47 Å². The van der Waals surface area contributed by atoms with Gasteiger partial charge in [0.25, 0.3) is 5.01 Å². The zero-order chi connectivity index (χ0) is 29.9. The zero-order valence-electron chi connectivity index (χ0n) is 22.7. The van der Waals surface area contributed by atoms with E-state index < -0.39 is 27.2 Å². The summed E-state index contributed by atoms with van der Waals surface area (Å²) in [7, 11) is -4.32. The summed E-state index contributed by atoms with van der Waals surface area (Å²) >= 11 is 7.28. The molecule has 1 atom stereocenters. The van der Waals surface area contributed by atoms with Crippen LogP contribution in [0.5, 0.6) is 0 Å². The highest BCUT2D eigenvalue weighted by Crippen LogP contribution is 2.47. The Hall–Kier alpha value is -2.29. The standard InChI is InChI=1S/C29H29ClN2O6S4/c1-2-20(17-27-31(13-5-15-38-41(33)34)24-19-22(30)10-12-25(24)39-27)18-28-32(14-6-16-42(35,36)37)29-23-8-4-3-7-21(23)9-11-26(29)40-28/h3-4,7-12,17-19H,2,5-6,13-16H2,1H3,(H-,33,34,35,36,37). The number of allylic oxidation sites excluding steroid dienone is 2. The van der Waals surface area contributed by atoms with E-state index in [1.807, 2.05) is 30.3 Å². The van der Waals surface area contributed by atoms with E-state index in [1.165, 1.54) is 0 Å². The second-order valence-electron chi connectivity index (χ2n) is 9.65. The lowest BCUT2D eigenvalue weighted by molar-refractivity contribution is -0.667. The van der Waals surface area contributed by atoms with Crippen molar-refractivity contribution in [2.75, 3.05) is 23.8 Å². The molecule has 1 N–H and O–H groups in total. The molecule has 3 aromatic carbocycles. The van der Waals surface area contributed by atoms with Crippen LogP contribution in [-0.4, -0.2) is 40.6 Å². The Bertz CT molecular complexity index is 1820. The van der Waals surface area contributed by atoms with Gasteiger partial charge in [0.15, 0.2) is 6.54 Å². The number of rotatable bonds is 12. The molecule has 0 aliphatic carbocycles. The van der Waals surface area contributed by atoms with E-state index in [0.717, 1.165) is 53.6 Å². The Balaban J connectivity index is 1.54. The third-order valence-electron chi connectivity index (χ3n) is 6.82. The summed E-state index contributed by atoms with van der Waals surface area (Å²) in [5, 5.41) is 4.75. The highest BCUT2D eigenvalue weighted by molar-refractivity contribution is 8.03. The first-order valence-corrected chi connectivity index (χ1v) is 17.9. The third kappa shape index (κ3) is 7.43. The molecule has 1 aromatic heterocycles. The van der Waals surface area contributed by atoms with Gasteiger partial charge in [0.05, 0.1) is 32.8 Å². The minimum Gasteiger partial charge on any atom is -0.748 e. The lowest BCUT2D eigenvalue weighted by atomic mass is 10.1. The topological polar surface area (TPSA) is 111 Å². The van der Waals surface area contributed by atoms with Crippen LogP contribution >= 0.6 is 34.7 Å². The summed E-state index contributed by atoms with van der Waals surface area (Å²) in [6.07, 6.45) is 5.76. The molecule has 5 rings (SSSR count). The number of aromatic nitrogens is 1. The first-order valence-electron chi connectivity index (χ1n) is 13.3. The van der Waals surface area contributed by atoms with Crippen molar-refractivity contribution in [3.05, 3.63) is 81.3 Å². The van der Waals surface area contributed by atoms with Gasteiger partial charge in [0, 0.05) is 34.7 Å². The minimum atomic E-state index is -4.32. The van der Waals surface area contributed by atoms with Gasteiger partial charge in [-0.1, -0.05) is 65.9 Å². The molecule has 13 heteroatoms. The summed E-state index contributed by atoms with van der Waals surface area (Å²) in [5.41, 5.74) is 3.06. The molecule has 0 saturated carbocycles. The van der Waals surface area contributed by atoms with Crippen LogP contribution in [0.4, 0.5) is 5.69 Å². The first-order chi connectivity index (χ1) is 20.1. The Kier molecular flexibility index (Phi) is 10.1. The van der Waals surface area contributed by atoms with Crippen LogP contribution in [0.25, 0.3) is 27.1 Å². The van der Waals surface area contributed by atoms with Crippen LogP contribution in [0.3, 0.4) is 0 Å². The molecule has 42 heavy (non-hydrogen) atoms. The number of thioether (sulfide) groups is 1. The van der Waals surface area contributed by atoms with Crippen molar-refractivity contribution in [3.63, 3.8) is 0 Å². The van der Waals surface area contributed by atoms with Crippen molar-refractivity contribution in [1.82, 2.24) is 0 Å². The van der Waals surface area contributed by atoms with Gasteiger partial charge in [-0.3, -0.25) is 8.74 Å². The number of benzene rings is 3. The average molecular weight is 665 g/mol. The van der Waals surface area contributed by atoms with Crippen LogP contribution in [-0.2, 0) is 32.2 Å². The maximum Gasteiger partial charge on any atom is 0.301 e. The average Bonchev–Trinajstić information content (AvgIpc) is 3.46. The first kappa shape index (κ1) is 31.1. The Morgan fingerprint density at radius 3 is 2.76 bits per heavy atom. The van der Waals surface area contributed by atoms with Gasteiger partial charge >= 0.3 is 11.4 Å². The fourth-order valence-electron chi connectivity index (χ4n) is 4.93. The predicted molar refractivity (Wildman–Crippen MR) is 171 cm³/mol. The van der Waals surface area contributed by atoms with Crippen LogP contribution in [0.15, 0.2) is 76.2 Å². The molecule has 1 aliphatic heterocycles. The summed E-state index contributed by atoms with van der Waals surface area (Å²) in [4.78, 5) is 3.21. The van der Waals surface area contributed by atoms with Gasteiger partial charge in [-0.25, -0.2) is 8.42 Å². The SMILES string of the molecule is CCC(=Cc1sc2ccc3ccccc3c2[n+]1CCCS(=O)(=O)[O-])C=C1Sc2ccc(Cl)cc2N1CCCOS(=O)O. The smallest absolute Gasteiger partial charge is 0.301 e. The Labute approximate surface area is 260 Å². The molecule has 222 valence electrons. The van der Waals surface area contributed by atoms with E-state index in [0.29, 0.717) is 24.5 Å². The number of anilines is 1. The van der Waals surface area contributed by atoms with Gasteiger partial charge in [-0.05, 0) is 60.2 Å². The van der Waals surface area contributed by atoms with Gasteiger partial charge < -0.3 is 9.45 Å². The van der Waals surface area contributed by atoms with Gasteiger partial charge in [-0.2, -0.15) is 8.78 Å². The second kappa shape index (κ2) is 13.6. The molecule has 0 spiro atoms. The number of hydrogen-bond donors (Lipinski definition) is 1. The minimum absolute atomic E-state index is 0.138. The molecule has 0 amide bonds. The maximum absolute atomic E-state index is 11.4. The normalized spacial score (nSPS) is 15.7. The fraction of sp³-hybridized carbons (Fsp3) is 0.276. The largest absolute Gasteiger partial charge is 0.748 e. The van der Waals surface area contributed by atoms with Crippen molar-refractivity contribution >= 4 is 88.9 Å². The summed E-state index contributed by atoms with van der Waals surface area (Å²) in [5.74, 6) is -0.421. The molecule has 0 saturated heterocycles. The van der Waals surface area contributed by atoms with E-state index in [-0.39, 0.29) is 13.0 Å². The molecular weight excluding hydrogens is 636 g/mol. The van der Waals surface area contributed by atoms with E-state index in [9.17, 15) is 17.2 Å². The van der Waals surface area contributed by atoms with Crippen molar-refractivity contribution in [2.45, 2.75) is 37.6 Å². The van der Waals surface area contributed by atoms with Gasteiger partial charge in [-0.15, -0.1) is 0 Å². The maximum atomic E-state index is 11.4. The molecule has 0 bridgehead atoms. The zero-order valence-corrected chi connectivity index (χ0v) is 26.7.